The van der Waals surface area contributed by atoms with E-state index in [1.54, 1.807) is 12.1 Å². The molecule has 0 spiro atoms. The van der Waals surface area contributed by atoms with Crippen molar-refractivity contribution in [2.24, 2.45) is 17.0 Å². The Bertz CT molecular complexity index is 804. The van der Waals surface area contributed by atoms with Gasteiger partial charge >= 0.3 is 0 Å². The molecule has 1 aliphatic rings. The number of allylic oxidation sites excluding steroid dienone is 1. The maximum atomic E-state index is 9.78. The van der Waals surface area contributed by atoms with Crippen molar-refractivity contribution < 1.29 is 10.4 Å². The van der Waals surface area contributed by atoms with Gasteiger partial charge in [0.15, 0.2) is 0 Å². The molecule has 0 radical (unpaired) electrons. The number of rotatable bonds is 5. The summed E-state index contributed by atoms with van der Waals surface area (Å²) >= 11 is 11.9. The number of hydroxylamine groups is 1. The molecule has 1 fully saturated rings. The Morgan fingerprint density at radius 2 is 1.63 bits per heavy atom. The molecule has 0 bridgehead atoms. The summed E-state index contributed by atoms with van der Waals surface area (Å²) in [6.07, 6.45) is 6.77. The van der Waals surface area contributed by atoms with Crippen molar-refractivity contribution in [1.82, 2.24) is 5.48 Å². The largest absolute Gasteiger partial charge is 0.411 e. The van der Waals surface area contributed by atoms with E-state index in [-0.39, 0.29) is 17.9 Å². The zero-order valence-electron chi connectivity index (χ0n) is 14.7. The average molecular weight is 405 g/mol. The summed E-state index contributed by atoms with van der Waals surface area (Å²) in [5, 5.41) is 24.4. The van der Waals surface area contributed by atoms with Crippen LogP contribution in [-0.2, 0) is 0 Å². The van der Waals surface area contributed by atoms with E-state index in [9.17, 15) is 10.4 Å². The second-order valence-electron chi connectivity index (χ2n) is 6.74. The average Bonchev–Trinajstić information content (AvgIpc) is 2.69. The molecule has 0 aromatic heterocycles. The third-order valence-electron chi connectivity index (χ3n) is 5.07. The standard InChI is InChI=1S/C21H22Cl2N2O2/c22-17-10-5-14(6-11-17)4-7-15-2-1-3-19(20(15)24-26)21(25-27)16-8-12-18(23)13-9-16/h4-13,15,19,21,25-27H,1-3H2/b7-4+,24-20-. The summed E-state index contributed by atoms with van der Waals surface area (Å²) in [5.41, 5.74) is 5.01. The van der Waals surface area contributed by atoms with Crippen LogP contribution in [0.15, 0.2) is 59.8 Å². The van der Waals surface area contributed by atoms with Crippen molar-refractivity contribution in [3.63, 3.8) is 0 Å². The number of benzene rings is 2. The van der Waals surface area contributed by atoms with E-state index in [0.717, 1.165) is 30.4 Å². The summed E-state index contributed by atoms with van der Waals surface area (Å²) in [6, 6.07) is 14.5. The van der Waals surface area contributed by atoms with Crippen molar-refractivity contribution in [3.05, 3.63) is 75.8 Å². The minimum Gasteiger partial charge on any atom is -0.411 e. The Morgan fingerprint density at radius 3 is 2.22 bits per heavy atom. The first-order valence-corrected chi connectivity index (χ1v) is 9.68. The number of nitrogens with zero attached hydrogens (tertiary/aromatic N) is 1. The molecule has 3 rings (SSSR count). The highest BCUT2D eigenvalue weighted by Gasteiger charge is 2.34. The first-order chi connectivity index (χ1) is 13.1. The SMILES string of the molecule is O/N=C1/C(/C=C/c2ccc(Cl)cc2)CCCC1C(NO)c1ccc(Cl)cc1. The monoisotopic (exact) mass is 404 g/mol. The number of oxime groups is 1. The fraction of sp³-hybridized carbons (Fsp3) is 0.286. The smallest absolute Gasteiger partial charge is 0.0689 e. The maximum Gasteiger partial charge on any atom is 0.0689 e. The van der Waals surface area contributed by atoms with Crippen LogP contribution in [0.2, 0.25) is 10.0 Å². The van der Waals surface area contributed by atoms with E-state index in [0.29, 0.717) is 15.8 Å². The van der Waals surface area contributed by atoms with Gasteiger partial charge in [-0.3, -0.25) is 0 Å². The van der Waals surface area contributed by atoms with Crippen LogP contribution in [0.4, 0.5) is 0 Å². The fourth-order valence-corrected chi connectivity index (χ4v) is 3.93. The molecule has 0 amide bonds. The molecule has 3 unspecified atom stereocenters. The lowest BCUT2D eigenvalue weighted by atomic mass is 9.74. The van der Waals surface area contributed by atoms with Crippen molar-refractivity contribution in [1.29, 1.82) is 0 Å². The second kappa shape index (κ2) is 9.38. The lowest BCUT2D eigenvalue weighted by molar-refractivity contribution is 0.104. The Labute approximate surface area is 169 Å². The van der Waals surface area contributed by atoms with Gasteiger partial charge in [0, 0.05) is 21.9 Å². The fourth-order valence-electron chi connectivity index (χ4n) is 3.68. The molecule has 1 saturated carbocycles. The molecule has 0 aliphatic heterocycles. The molecule has 0 heterocycles. The van der Waals surface area contributed by atoms with Crippen LogP contribution in [0.1, 0.15) is 36.4 Å². The van der Waals surface area contributed by atoms with E-state index in [4.69, 9.17) is 23.2 Å². The van der Waals surface area contributed by atoms with Gasteiger partial charge in [-0.15, -0.1) is 0 Å². The van der Waals surface area contributed by atoms with Crippen molar-refractivity contribution >= 4 is 35.0 Å². The van der Waals surface area contributed by atoms with Crippen LogP contribution < -0.4 is 5.48 Å². The molecule has 0 saturated heterocycles. The zero-order valence-corrected chi connectivity index (χ0v) is 16.2. The predicted octanol–water partition coefficient (Wildman–Crippen LogP) is 5.97. The van der Waals surface area contributed by atoms with Gasteiger partial charge in [-0.2, -0.15) is 5.48 Å². The third-order valence-corrected chi connectivity index (χ3v) is 5.57. The maximum absolute atomic E-state index is 9.78. The molecule has 27 heavy (non-hydrogen) atoms. The van der Waals surface area contributed by atoms with Crippen LogP contribution in [0, 0.1) is 11.8 Å². The summed E-state index contributed by atoms with van der Waals surface area (Å²) in [5.74, 6) is -0.109. The number of nitrogens with one attached hydrogen (secondary N) is 1. The topological polar surface area (TPSA) is 64.9 Å². The molecular formula is C21H22Cl2N2O2. The molecule has 2 aromatic rings. The summed E-state index contributed by atoms with van der Waals surface area (Å²) in [6.45, 7) is 0. The molecule has 2 aromatic carbocycles. The Balaban J connectivity index is 1.81. The molecule has 4 nitrogen and oxygen atoms in total. The van der Waals surface area contributed by atoms with Crippen LogP contribution in [0.3, 0.4) is 0 Å². The van der Waals surface area contributed by atoms with Gasteiger partial charge < -0.3 is 10.4 Å². The molecule has 3 atom stereocenters. The normalized spacial score (nSPS) is 23.0. The number of hydrogen-bond acceptors (Lipinski definition) is 4. The minimum atomic E-state index is -0.361. The highest BCUT2D eigenvalue weighted by Crippen LogP contribution is 2.36. The lowest BCUT2D eigenvalue weighted by Gasteiger charge is -2.34. The van der Waals surface area contributed by atoms with Gasteiger partial charge in [0.25, 0.3) is 0 Å². The van der Waals surface area contributed by atoms with Crippen molar-refractivity contribution in [2.75, 3.05) is 0 Å². The predicted molar refractivity (Wildman–Crippen MR) is 110 cm³/mol. The Hall–Kier alpha value is -1.85. The van der Waals surface area contributed by atoms with Crippen LogP contribution in [0.5, 0.6) is 0 Å². The summed E-state index contributed by atoms with van der Waals surface area (Å²) in [4.78, 5) is 0. The summed E-state index contributed by atoms with van der Waals surface area (Å²) in [7, 11) is 0. The van der Waals surface area contributed by atoms with Crippen molar-refractivity contribution in [2.45, 2.75) is 25.3 Å². The van der Waals surface area contributed by atoms with Gasteiger partial charge in [-0.25, -0.2) is 0 Å². The van der Waals surface area contributed by atoms with Gasteiger partial charge in [-0.05, 0) is 48.2 Å². The molecular weight excluding hydrogens is 383 g/mol. The highest BCUT2D eigenvalue weighted by atomic mass is 35.5. The Morgan fingerprint density at radius 1 is 1.00 bits per heavy atom. The van der Waals surface area contributed by atoms with Gasteiger partial charge in [0.2, 0.25) is 0 Å². The lowest BCUT2D eigenvalue weighted by Crippen LogP contribution is -2.37. The first-order valence-electron chi connectivity index (χ1n) is 8.93. The zero-order chi connectivity index (χ0) is 19.2. The number of hydrogen-bond donors (Lipinski definition) is 3. The van der Waals surface area contributed by atoms with E-state index in [1.165, 1.54) is 0 Å². The van der Waals surface area contributed by atoms with E-state index >= 15 is 0 Å². The third kappa shape index (κ3) is 4.90. The quantitative estimate of drug-likeness (QED) is 0.424. The van der Waals surface area contributed by atoms with Crippen LogP contribution >= 0.6 is 23.2 Å². The van der Waals surface area contributed by atoms with Gasteiger partial charge in [-0.1, -0.05) is 71.2 Å². The van der Waals surface area contributed by atoms with Gasteiger partial charge in [0.05, 0.1) is 11.8 Å². The molecule has 1 aliphatic carbocycles. The van der Waals surface area contributed by atoms with Crippen molar-refractivity contribution in [3.8, 4) is 0 Å². The molecule has 142 valence electrons. The number of halogens is 2. The summed E-state index contributed by atoms with van der Waals surface area (Å²) < 4.78 is 0. The van der Waals surface area contributed by atoms with E-state index in [1.807, 2.05) is 42.5 Å². The van der Waals surface area contributed by atoms with E-state index in [2.05, 4.69) is 16.7 Å². The minimum absolute atomic E-state index is 0.00702. The highest BCUT2D eigenvalue weighted by molar-refractivity contribution is 6.30. The van der Waals surface area contributed by atoms with Crippen LogP contribution in [0.25, 0.3) is 6.08 Å². The van der Waals surface area contributed by atoms with Crippen LogP contribution in [-0.4, -0.2) is 16.1 Å². The first kappa shape index (κ1) is 19.9. The molecule has 3 N–H and O–H groups in total. The molecule has 6 heteroatoms. The van der Waals surface area contributed by atoms with E-state index < -0.39 is 0 Å². The van der Waals surface area contributed by atoms with Gasteiger partial charge in [0.1, 0.15) is 0 Å². The Kier molecular flexibility index (Phi) is 6.91. The second-order valence-corrected chi connectivity index (χ2v) is 7.61.